The summed E-state index contributed by atoms with van der Waals surface area (Å²) in [5.41, 5.74) is 0.792. The minimum Gasteiger partial charge on any atom is -0.332 e. The van der Waals surface area contributed by atoms with Crippen molar-refractivity contribution in [1.82, 2.24) is 9.97 Å². The maximum absolute atomic E-state index is 12.4. The lowest BCUT2D eigenvalue weighted by Crippen LogP contribution is -1.86. The summed E-state index contributed by atoms with van der Waals surface area (Å²) in [5, 5.41) is -0.000509. The Morgan fingerprint density at radius 2 is 2.14 bits per heavy atom. The van der Waals surface area contributed by atoms with Crippen LogP contribution in [0, 0.1) is 0 Å². The molecule has 0 spiro atoms. The topological polar surface area (TPSA) is 28.7 Å². The first-order chi connectivity index (χ1) is 6.59. The second-order valence-corrected chi connectivity index (χ2v) is 3.82. The van der Waals surface area contributed by atoms with Gasteiger partial charge >= 0.3 is 0 Å². The molecular formula is C8H4BrClF2N2. The Kier molecular flexibility index (Phi) is 2.45. The van der Waals surface area contributed by atoms with E-state index in [1.807, 2.05) is 0 Å². The fourth-order valence-electron chi connectivity index (χ4n) is 1.20. The van der Waals surface area contributed by atoms with Crippen LogP contribution in [-0.4, -0.2) is 9.97 Å². The Balaban J connectivity index is 2.74. The van der Waals surface area contributed by atoms with Crippen LogP contribution in [0.4, 0.5) is 8.78 Å². The van der Waals surface area contributed by atoms with Gasteiger partial charge in [0.05, 0.1) is 10.5 Å². The number of H-pyrrole nitrogens is 1. The monoisotopic (exact) mass is 280 g/mol. The first-order valence-corrected chi connectivity index (χ1v) is 4.88. The maximum atomic E-state index is 12.4. The van der Waals surface area contributed by atoms with E-state index in [9.17, 15) is 8.78 Å². The molecule has 2 rings (SSSR count). The number of halogens is 4. The molecule has 0 aliphatic heterocycles. The molecule has 0 atom stereocenters. The SMILES string of the molecule is FC(F)c1ccc2[nH]c(Br)nc2c1Cl. The molecule has 1 aromatic heterocycles. The highest BCUT2D eigenvalue weighted by molar-refractivity contribution is 9.10. The quantitative estimate of drug-likeness (QED) is 0.843. The summed E-state index contributed by atoms with van der Waals surface area (Å²) in [6.45, 7) is 0. The number of alkyl halides is 2. The van der Waals surface area contributed by atoms with Crippen LogP contribution in [-0.2, 0) is 0 Å². The van der Waals surface area contributed by atoms with Crippen LogP contribution >= 0.6 is 27.5 Å². The van der Waals surface area contributed by atoms with Crippen LogP contribution in [0.1, 0.15) is 12.0 Å². The van der Waals surface area contributed by atoms with Crippen LogP contribution in [0.15, 0.2) is 16.9 Å². The zero-order valence-electron chi connectivity index (χ0n) is 6.69. The van der Waals surface area contributed by atoms with E-state index >= 15 is 0 Å². The van der Waals surface area contributed by atoms with Crippen LogP contribution in [0.5, 0.6) is 0 Å². The fraction of sp³-hybridized carbons (Fsp3) is 0.125. The predicted octanol–water partition coefficient (Wildman–Crippen LogP) is 3.92. The van der Waals surface area contributed by atoms with Crippen molar-refractivity contribution in [3.8, 4) is 0 Å². The van der Waals surface area contributed by atoms with Gasteiger partial charge in [0.2, 0.25) is 0 Å². The average Bonchev–Trinajstić information content (AvgIpc) is 2.46. The predicted molar refractivity (Wildman–Crippen MR) is 53.8 cm³/mol. The number of hydrogen-bond donors (Lipinski definition) is 1. The highest BCUT2D eigenvalue weighted by Gasteiger charge is 2.16. The molecule has 74 valence electrons. The van der Waals surface area contributed by atoms with Crippen molar-refractivity contribution in [2.24, 2.45) is 0 Å². The van der Waals surface area contributed by atoms with Gasteiger partial charge in [-0.2, -0.15) is 0 Å². The third kappa shape index (κ3) is 1.50. The van der Waals surface area contributed by atoms with Crippen molar-refractivity contribution < 1.29 is 8.78 Å². The molecule has 0 amide bonds. The lowest BCUT2D eigenvalue weighted by molar-refractivity contribution is 0.151. The number of benzene rings is 1. The molecule has 0 radical (unpaired) electrons. The molecule has 0 unspecified atom stereocenters. The van der Waals surface area contributed by atoms with Gasteiger partial charge in [-0.3, -0.25) is 0 Å². The summed E-state index contributed by atoms with van der Waals surface area (Å²) < 4.78 is 25.3. The van der Waals surface area contributed by atoms with Gasteiger partial charge in [0, 0.05) is 5.56 Å². The van der Waals surface area contributed by atoms with Crippen LogP contribution in [0.2, 0.25) is 5.02 Å². The molecule has 0 aliphatic rings. The van der Waals surface area contributed by atoms with Gasteiger partial charge in [-0.15, -0.1) is 0 Å². The largest absolute Gasteiger partial charge is 0.332 e. The Morgan fingerprint density at radius 3 is 2.79 bits per heavy atom. The van der Waals surface area contributed by atoms with E-state index in [4.69, 9.17) is 11.6 Å². The molecule has 2 nitrogen and oxygen atoms in total. The minimum absolute atomic E-state index is 0.000509. The van der Waals surface area contributed by atoms with Crippen molar-refractivity contribution in [1.29, 1.82) is 0 Å². The van der Waals surface area contributed by atoms with Crippen molar-refractivity contribution in [3.05, 3.63) is 27.5 Å². The Hall–Kier alpha value is -0.680. The summed E-state index contributed by atoms with van der Waals surface area (Å²) in [6, 6.07) is 2.82. The highest BCUT2D eigenvalue weighted by Crippen LogP contribution is 2.32. The number of nitrogens with zero attached hydrogens (tertiary/aromatic N) is 1. The number of rotatable bonds is 1. The van der Waals surface area contributed by atoms with Crippen LogP contribution in [0.3, 0.4) is 0 Å². The summed E-state index contributed by atoms with van der Waals surface area (Å²) in [4.78, 5) is 6.79. The number of imidazole rings is 1. The third-order valence-electron chi connectivity index (χ3n) is 1.83. The smallest absolute Gasteiger partial charge is 0.265 e. The molecule has 14 heavy (non-hydrogen) atoms. The second kappa shape index (κ2) is 3.47. The van der Waals surface area contributed by atoms with E-state index in [2.05, 4.69) is 25.9 Å². The van der Waals surface area contributed by atoms with Crippen LogP contribution < -0.4 is 0 Å². The van der Waals surface area contributed by atoms with E-state index < -0.39 is 6.43 Å². The van der Waals surface area contributed by atoms with E-state index in [-0.39, 0.29) is 10.6 Å². The third-order valence-corrected chi connectivity index (χ3v) is 2.60. The second-order valence-electron chi connectivity index (χ2n) is 2.69. The zero-order valence-corrected chi connectivity index (χ0v) is 9.03. The van der Waals surface area contributed by atoms with E-state index in [0.29, 0.717) is 15.8 Å². The van der Waals surface area contributed by atoms with Crippen molar-refractivity contribution in [3.63, 3.8) is 0 Å². The molecule has 0 saturated carbocycles. The lowest BCUT2D eigenvalue weighted by Gasteiger charge is -2.01. The van der Waals surface area contributed by atoms with Gasteiger partial charge in [0.1, 0.15) is 5.52 Å². The van der Waals surface area contributed by atoms with Gasteiger partial charge in [0.15, 0.2) is 4.73 Å². The lowest BCUT2D eigenvalue weighted by atomic mass is 10.2. The number of aromatic nitrogens is 2. The van der Waals surface area contributed by atoms with Crippen molar-refractivity contribution >= 4 is 38.6 Å². The average molecular weight is 281 g/mol. The Morgan fingerprint density at radius 1 is 1.43 bits per heavy atom. The van der Waals surface area contributed by atoms with Crippen LogP contribution in [0.25, 0.3) is 11.0 Å². The first kappa shape index (κ1) is 9.86. The standard InChI is InChI=1S/C8H4BrClF2N2/c9-8-13-4-2-1-3(7(11)12)5(10)6(4)14-8/h1-2,7H,(H,13,14). The summed E-state index contributed by atoms with van der Waals surface area (Å²) in [7, 11) is 0. The molecule has 1 heterocycles. The number of aromatic amines is 1. The van der Waals surface area contributed by atoms with E-state index in [0.717, 1.165) is 0 Å². The summed E-state index contributed by atoms with van der Waals surface area (Å²) in [6.07, 6.45) is -2.58. The molecule has 1 N–H and O–H groups in total. The number of hydrogen-bond acceptors (Lipinski definition) is 1. The van der Waals surface area contributed by atoms with Gasteiger partial charge < -0.3 is 4.98 Å². The molecule has 0 fully saturated rings. The summed E-state index contributed by atoms with van der Waals surface area (Å²) in [5.74, 6) is 0. The molecule has 0 bridgehead atoms. The molecule has 6 heteroatoms. The molecular weight excluding hydrogens is 277 g/mol. The van der Waals surface area contributed by atoms with Crippen molar-refractivity contribution in [2.75, 3.05) is 0 Å². The summed E-state index contributed by atoms with van der Waals surface area (Å²) >= 11 is 8.87. The maximum Gasteiger partial charge on any atom is 0.265 e. The Labute approximate surface area is 91.4 Å². The number of fused-ring (bicyclic) bond motifs is 1. The Bertz CT molecular complexity index is 483. The zero-order chi connectivity index (χ0) is 10.3. The van der Waals surface area contributed by atoms with Gasteiger partial charge in [-0.1, -0.05) is 11.6 Å². The highest BCUT2D eigenvalue weighted by atomic mass is 79.9. The van der Waals surface area contributed by atoms with E-state index in [1.54, 1.807) is 0 Å². The number of nitrogens with one attached hydrogen (secondary N) is 1. The molecule has 2 aromatic rings. The van der Waals surface area contributed by atoms with Gasteiger partial charge in [0.25, 0.3) is 6.43 Å². The minimum atomic E-state index is -2.58. The van der Waals surface area contributed by atoms with E-state index in [1.165, 1.54) is 12.1 Å². The molecule has 0 aliphatic carbocycles. The van der Waals surface area contributed by atoms with Crippen molar-refractivity contribution in [2.45, 2.75) is 6.43 Å². The molecule has 1 aromatic carbocycles. The normalized spacial score (nSPS) is 11.5. The van der Waals surface area contributed by atoms with Gasteiger partial charge in [-0.25, -0.2) is 13.8 Å². The van der Waals surface area contributed by atoms with Gasteiger partial charge in [-0.05, 0) is 28.1 Å². The molecule has 0 saturated heterocycles. The fourth-order valence-corrected chi connectivity index (χ4v) is 1.88. The first-order valence-electron chi connectivity index (χ1n) is 3.71.